The number of imidazole rings is 1. The van der Waals surface area contributed by atoms with Gasteiger partial charge in [-0.05, 0) is 49.9 Å². The highest BCUT2D eigenvalue weighted by atomic mass is 35.5. The van der Waals surface area contributed by atoms with Crippen LogP contribution in [-0.2, 0) is 0 Å². The molecular formula is C22H22ClN4S. The molecule has 1 N–H and O–H groups in total. The molecule has 1 saturated heterocycles. The lowest BCUT2D eigenvalue weighted by molar-refractivity contribution is -0.00548. The van der Waals surface area contributed by atoms with Crippen molar-refractivity contribution in [1.29, 1.82) is 0 Å². The molecule has 2 aromatic carbocycles. The van der Waals surface area contributed by atoms with E-state index < -0.39 is 0 Å². The molecule has 2 aliphatic heterocycles. The molecule has 2 unspecified atom stereocenters. The van der Waals surface area contributed by atoms with Crippen LogP contribution in [0.1, 0.15) is 42.8 Å². The molecule has 0 spiro atoms. The smallest absolute Gasteiger partial charge is 0.126 e. The minimum absolute atomic E-state index is 0.233. The molecule has 4 nitrogen and oxygen atoms in total. The molecule has 3 aromatic rings. The van der Waals surface area contributed by atoms with Crippen LogP contribution in [0.3, 0.4) is 0 Å². The molecule has 143 valence electrons. The summed E-state index contributed by atoms with van der Waals surface area (Å²) in [6, 6.07) is 14.8. The van der Waals surface area contributed by atoms with Crippen LogP contribution in [0, 0.1) is 13.1 Å². The Morgan fingerprint density at radius 1 is 1.25 bits per heavy atom. The van der Waals surface area contributed by atoms with E-state index in [0.717, 1.165) is 46.8 Å². The molecule has 0 aliphatic carbocycles. The van der Waals surface area contributed by atoms with Crippen LogP contribution in [0.15, 0.2) is 42.5 Å². The third kappa shape index (κ3) is 3.11. The molecule has 5 rings (SSSR count). The Bertz CT molecular complexity index is 1010. The van der Waals surface area contributed by atoms with Crippen molar-refractivity contribution in [2.45, 2.75) is 38.1 Å². The largest absolute Gasteiger partial charge is 0.341 e. The van der Waals surface area contributed by atoms with Gasteiger partial charge in [0.1, 0.15) is 5.82 Å². The lowest BCUT2D eigenvalue weighted by Gasteiger charge is -2.34. The van der Waals surface area contributed by atoms with E-state index in [1.165, 1.54) is 10.5 Å². The molecule has 3 heterocycles. The van der Waals surface area contributed by atoms with E-state index in [1.54, 1.807) is 0 Å². The van der Waals surface area contributed by atoms with Gasteiger partial charge in [-0.25, -0.2) is 9.99 Å². The zero-order valence-electron chi connectivity index (χ0n) is 15.9. The third-order valence-electron chi connectivity index (χ3n) is 5.48. The topological polar surface area (TPSA) is 35.2 Å². The molecule has 0 saturated carbocycles. The molecule has 1 aromatic heterocycles. The number of fused-ring (bicyclic) bond motifs is 1. The number of benzene rings is 2. The van der Waals surface area contributed by atoms with Gasteiger partial charge in [-0.1, -0.05) is 53.7 Å². The van der Waals surface area contributed by atoms with Crippen LogP contribution in [-0.4, -0.2) is 31.9 Å². The molecule has 2 atom stereocenters. The predicted octanol–water partition coefficient (Wildman–Crippen LogP) is 5.77. The van der Waals surface area contributed by atoms with E-state index in [-0.39, 0.29) is 6.04 Å². The van der Waals surface area contributed by atoms with Gasteiger partial charge in [-0.15, -0.1) is 0 Å². The SMILES string of the molecule is Cc1cc2[nH]c(C3CCCN3N3[C]=C(c4ccccc4)SC3C)nc2cc1Cl. The first-order valence-corrected chi connectivity index (χ1v) is 10.9. The number of hydrogen-bond donors (Lipinski definition) is 1. The van der Waals surface area contributed by atoms with E-state index in [0.29, 0.717) is 5.37 Å². The number of rotatable bonds is 3. The second-order valence-electron chi connectivity index (χ2n) is 7.43. The lowest BCUT2D eigenvalue weighted by Crippen LogP contribution is -2.41. The second kappa shape index (κ2) is 7.14. The standard InChI is InChI=1S/C22H22ClN4S/c1-14-11-18-19(12-17(14)23)25-22(24-18)20-9-6-10-26(20)27-13-21(28-15(27)2)16-7-4-3-5-8-16/h3-5,7-8,11-12,15,20H,6,9-10H2,1-2H3,(H,24,25). The van der Waals surface area contributed by atoms with Crippen molar-refractivity contribution in [2.24, 2.45) is 0 Å². The maximum atomic E-state index is 6.29. The number of H-pyrrole nitrogens is 1. The molecule has 1 radical (unpaired) electrons. The third-order valence-corrected chi connectivity index (χ3v) is 6.99. The van der Waals surface area contributed by atoms with Gasteiger partial charge in [0.25, 0.3) is 0 Å². The van der Waals surface area contributed by atoms with Crippen LogP contribution in [0.25, 0.3) is 15.9 Å². The maximum absolute atomic E-state index is 6.29. The number of hydrogen-bond acceptors (Lipinski definition) is 4. The zero-order valence-corrected chi connectivity index (χ0v) is 17.5. The van der Waals surface area contributed by atoms with Gasteiger partial charge in [0.15, 0.2) is 0 Å². The number of hydrazine groups is 1. The number of nitrogens with one attached hydrogen (secondary N) is 1. The van der Waals surface area contributed by atoms with Crippen molar-refractivity contribution < 1.29 is 0 Å². The van der Waals surface area contributed by atoms with E-state index in [1.807, 2.05) is 24.8 Å². The van der Waals surface area contributed by atoms with Gasteiger partial charge < -0.3 is 4.98 Å². The molecule has 0 bridgehead atoms. The molecule has 28 heavy (non-hydrogen) atoms. The number of aryl methyl sites for hydroxylation is 1. The van der Waals surface area contributed by atoms with Crippen molar-refractivity contribution in [3.8, 4) is 0 Å². The van der Waals surface area contributed by atoms with Crippen LogP contribution in [0.2, 0.25) is 5.02 Å². The Labute approximate surface area is 174 Å². The van der Waals surface area contributed by atoms with Crippen LogP contribution in [0.5, 0.6) is 0 Å². The molecule has 6 heteroatoms. The lowest BCUT2D eigenvalue weighted by atomic mass is 10.2. The van der Waals surface area contributed by atoms with E-state index in [2.05, 4.69) is 64.5 Å². The Morgan fingerprint density at radius 2 is 2.07 bits per heavy atom. The van der Waals surface area contributed by atoms with Crippen molar-refractivity contribution in [3.05, 3.63) is 70.6 Å². The Morgan fingerprint density at radius 3 is 2.89 bits per heavy atom. The monoisotopic (exact) mass is 409 g/mol. The highest BCUT2D eigenvalue weighted by Crippen LogP contribution is 2.43. The summed E-state index contributed by atoms with van der Waals surface area (Å²) < 4.78 is 0. The van der Waals surface area contributed by atoms with Gasteiger partial charge in [0.05, 0.1) is 28.6 Å². The predicted molar refractivity (Wildman–Crippen MR) is 117 cm³/mol. The zero-order chi connectivity index (χ0) is 19.3. The summed E-state index contributed by atoms with van der Waals surface area (Å²) in [5, 5.41) is 5.77. The number of nitrogens with zero attached hydrogens (tertiary/aromatic N) is 3. The molecule has 1 fully saturated rings. The Hall–Kier alpha value is -1.95. The van der Waals surface area contributed by atoms with Crippen molar-refractivity contribution >= 4 is 39.3 Å². The molecular weight excluding hydrogens is 388 g/mol. The van der Waals surface area contributed by atoms with Gasteiger partial charge in [0.2, 0.25) is 0 Å². The maximum Gasteiger partial charge on any atom is 0.126 e. The van der Waals surface area contributed by atoms with Gasteiger partial charge >= 0.3 is 0 Å². The number of aromatic amines is 1. The average molecular weight is 410 g/mol. The van der Waals surface area contributed by atoms with E-state index in [4.69, 9.17) is 16.6 Å². The summed E-state index contributed by atoms with van der Waals surface area (Å²) in [5.74, 6) is 1.02. The minimum Gasteiger partial charge on any atom is -0.341 e. The molecule has 0 amide bonds. The number of thioether (sulfide) groups is 1. The fourth-order valence-electron chi connectivity index (χ4n) is 4.04. The fourth-order valence-corrected chi connectivity index (χ4v) is 5.23. The van der Waals surface area contributed by atoms with Crippen LogP contribution < -0.4 is 0 Å². The number of aromatic nitrogens is 2. The number of halogens is 1. The van der Waals surface area contributed by atoms with E-state index in [9.17, 15) is 0 Å². The summed E-state index contributed by atoms with van der Waals surface area (Å²) in [5.41, 5.74) is 4.29. The average Bonchev–Trinajstić information content (AvgIpc) is 3.40. The fraction of sp³-hybridized carbons (Fsp3) is 0.318. The van der Waals surface area contributed by atoms with E-state index >= 15 is 0 Å². The molecule has 2 aliphatic rings. The van der Waals surface area contributed by atoms with Gasteiger partial charge in [-0.2, -0.15) is 0 Å². The van der Waals surface area contributed by atoms with Gasteiger partial charge in [0, 0.05) is 16.5 Å². The summed E-state index contributed by atoms with van der Waals surface area (Å²) >= 11 is 8.16. The van der Waals surface area contributed by atoms with Gasteiger partial charge in [-0.3, -0.25) is 5.01 Å². The summed E-state index contributed by atoms with van der Waals surface area (Å²) in [6.07, 6.45) is 5.86. The van der Waals surface area contributed by atoms with Crippen LogP contribution >= 0.6 is 23.4 Å². The van der Waals surface area contributed by atoms with Crippen LogP contribution in [0.4, 0.5) is 0 Å². The quantitative estimate of drug-likeness (QED) is 0.595. The first-order valence-electron chi connectivity index (χ1n) is 9.67. The minimum atomic E-state index is 0.233. The first kappa shape index (κ1) is 18.1. The van der Waals surface area contributed by atoms with Crippen molar-refractivity contribution in [1.82, 2.24) is 20.0 Å². The summed E-state index contributed by atoms with van der Waals surface area (Å²) in [4.78, 5) is 9.61. The Kier molecular flexibility index (Phi) is 4.62. The normalized spacial score (nSPS) is 23.0. The summed E-state index contributed by atoms with van der Waals surface area (Å²) in [7, 11) is 0. The highest BCUT2D eigenvalue weighted by Gasteiger charge is 2.37. The highest BCUT2D eigenvalue weighted by molar-refractivity contribution is 8.09. The summed E-state index contributed by atoms with van der Waals surface area (Å²) in [6.45, 7) is 5.28. The first-order chi connectivity index (χ1) is 13.6. The Balaban J connectivity index is 1.46. The van der Waals surface area contributed by atoms with Crippen molar-refractivity contribution in [2.75, 3.05) is 6.54 Å². The second-order valence-corrected chi connectivity index (χ2v) is 9.16. The van der Waals surface area contributed by atoms with Crippen molar-refractivity contribution in [3.63, 3.8) is 0 Å².